The minimum Gasteiger partial charge on any atom is -0.307 e. The summed E-state index contributed by atoms with van der Waals surface area (Å²) in [4.78, 5) is 0. The standard InChI is InChI=1S/C63H44Br4N2/c1-61(2)45-31-43-40-18-11-23-52-57(40)58-41(19-12-24-53(58)68(52)59-47(64)20-13-21-48(59)65)44(43)32-46(45)62(3,4)63(61,5)33-34-28-49(66)60(50(67)29-34)69-51-22-9-16-38-37-27-26-36(35-14-7-6-8-15-35)30-42(37)39-17-10-25-54(69)56(39)55(38)51/h6-32H,33H2,1-5H3. The van der Waals surface area contributed by atoms with E-state index in [0.29, 0.717) is 0 Å². The van der Waals surface area contributed by atoms with Crippen LogP contribution in [-0.2, 0) is 17.3 Å². The zero-order valence-electron chi connectivity index (χ0n) is 38.7. The molecule has 2 aromatic heterocycles. The maximum atomic E-state index is 4.21. The van der Waals surface area contributed by atoms with E-state index in [1.54, 1.807) is 0 Å². The van der Waals surface area contributed by atoms with Crippen LogP contribution in [0.15, 0.2) is 182 Å². The van der Waals surface area contributed by atoms with Crippen molar-refractivity contribution in [1.29, 1.82) is 0 Å². The molecule has 0 saturated heterocycles. The summed E-state index contributed by atoms with van der Waals surface area (Å²) < 4.78 is 9.18. The van der Waals surface area contributed by atoms with Gasteiger partial charge in [0.1, 0.15) is 0 Å². The first-order chi connectivity index (χ1) is 33.3. The fourth-order valence-electron chi connectivity index (χ4n) is 13.3. The van der Waals surface area contributed by atoms with Crippen LogP contribution in [0.1, 0.15) is 51.3 Å². The number of halogens is 4. The monoisotopic (exact) mass is 1140 g/mol. The molecule has 0 amide bonds. The van der Waals surface area contributed by atoms with Crippen LogP contribution < -0.4 is 0 Å². The second-order valence-corrected chi connectivity index (χ2v) is 24.2. The highest BCUT2D eigenvalue weighted by Gasteiger charge is 2.59. The van der Waals surface area contributed by atoms with Gasteiger partial charge in [-0.1, -0.05) is 132 Å². The van der Waals surface area contributed by atoms with Crippen LogP contribution in [0, 0.1) is 5.41 Å². The summed E-state index contributed by atoms with van der Waals surface area (Å²) in [5.41, 5.74) is 13.3. The van der Waals surface area contributed by atoms with E-state index in [2.05, 4.69) is 271 Å². The molecule has 0 aliphatic heterocycles. The molecule has 0 fully saturated rings. The third kappa shape index (κ3) is 5.47. The maximum Gasteiger partial charge on any atom is 0.0746 e. The largest absolute Gasteiger partial charge is 0.307 e. The fourth-order valence-corrected chi connectivity index (χ4v) is 16.3. The number of hydrogen-bond acceptors (Lipinski definition) is 0. The third-order valence-electron chi connectivity index (χ3n) is 17.2. The predicted molar refractivity (Wildman–Crippen MR) is 308 cm³/mol. The van der Waals surface area contributed by atoms with Gasteiger partial charge in [-0.2, -0.15) is 0 Å². The van der Waals surface area contributed by atoms with Gasteiger partial charge in [0.05, 0.1) is 33.4 Å². The van der Waals surface area contributed by atoms with E-state index in [4.69, 9.17) is 0 Å². The van der Waals surface area contributed by atoms with Crippen LogP contribution >= 0.6 is 63.7 Å². The average Bonchev–Trinajstić information content (AvgIpc) is 3.89. The zero-order valence-corrected chi connectivity index (χ0v) is 45.0. The highest BCUT2D eigenvalue weighted by molar-refractivity contribution is 9.11. The Hall–Kier alpha value is -5.50. The quantitative estimate of drug-likeness (QED) is 0.152. The molecule has 334 valence electrons. The molecule has 1 aliphatic carbocycles. The number of fused-ring (bicyclic) bond motifs is 7. The molecule has 2 heterocycles. The molecule has 0 radical (unpaired) electrons. The van der Waals surface area contributed by atoms with Crippen molar-refractivity contribution < 1.29 is 0 Å². The Kier molecular flexibility index (Phi) is 8.93. The van der Waals surface area contributed by atoms with Crippen LogP contribution in [0.25, 0.3) is 109 Å². The molecule has 0 N–H and O–H groups in total. The van der Waals surface area contributed by atoms with Crippen molar-refractivity contribution in [2.75, 3.05) is 0 Å². The van der Waals surface area contributed by atoms with Gasteiger partial charge < -0.3 is 9.13 Å². The number of hydrogen-bond donors (Lipinski definition) is 0. The Bertz CT molecular complexity index is 4190. The Morgan fingerprint density at radius 1 is 0.348 bits per heavy atom. The van der Waals surface area contributed by atoms with Crippen LogP contribution in [0.5, 0.6) is 0 Å². The van der Waals surface area contributed by atoms with Crippen molar-refractivity contribution in [3.63, 3.8) is 0 Å². The molecule has 0 spiro atoms. The van der Waals surface area contributed by atoms with E-state index in [1.807, 2.05) is 0 Å². The Balaban J connectivity index is 0.908. The third-order valence-corrected chi connectivity index (χ3v) is 19.7. The summed E-state index contributed by atoms with van der Waals surface area (Å²) in [6, 6.07) is 61.4. The molecule has 13 aromatic rings. The molecular formula is C63H44Br4N2. The second-order valence-electron chi connectivity index (χ2n) is 20.8. The number of rotatable bonds is 5. The van der Waals surface area contributed by atoms with Gasteiger partial charge in [0.15, 0.2) is 0 Å². The Morgan fingerprint density at radius 2 is 0.754 bits per heavy atom. The molecule has 0 saturated carbocycles. The van der Waals surface area contributed by atoms with Gasteiger partial charge in [0, 0.05) is 39.4 Å². The van der Waals surface area contributed by atoms with Crippen molar-refractivity contribution in [2.45, 2.75) is 51.9 Å². The number of aromatic nitrogens is 2. The smallest absolute Gasteiger partial charge is 0.0746 e. The van der Waals surface area contributed by atoms with E-state index in [1.165, 1.54) is 115 Å². The first-order valence-electron chi connectivity index (χ1n) is 23.7. The van der Waals surface area contributed by atoms with Crippen LogP contribution in [0.2, 0.25) is 0 Å². The van der Waals surface area contributed by atoms with E-state index in [9.17, 15) is 0 Å². The molecule has 69 heavy (non-hydrogen) atoms. The minimum atomic E-state index is -0.158. The van der Waals surface area contributed by atoms with Crippen molar-refractivity contribution >= 4 is 150 Å². The molecular weight excluding hydrogens is 1100 g/mol. The van der Waals surface area contributed by atoms with Gasteiger partial charge in [-0.3, -0.25) is 0 Å². The molecule has 1 aliphatic rings. The van der Waals surface area contributed by atoms with Gasteiger partial charge >= 0.3 is 0 Å². The summed E-state index contributed by atoms with van der Waals surface area (Å²) in [5.74, 6) is 0. The van der Waals surface area contributed by atoms with Crippen molar-refractivity contribution in [1.82, 2.24) is 9.13 Å². The van der Waals surface area contributed by atoms with Crippen LogP contribution in [0.3, 0.4) is 0 Å². The summed E-state index contributed by atoms with van der Waals surface area (Å²) >= 11 is 16.3. The second kappa shape index (κ2) is 14.5. The summed E-state index contributed by atoms with van der Waals surface area (Å²) in [5, 5.41) is 15.7. The number of nitrogens with zero attached hydrogens (tertiary/aromatic N) is 2. The maximum absolute atomic E-state index is 4.21. The van der Waals surface area contributed by atoms with Gasteiger partial charge in [-0.05, 0) is 224 Å². The summed E-state index contributed by atoms with van der Waals surface area (Å²) in [6.07, 6.45) is 0.904. The predicted octanol–water partition coefficient (Wildman–Crippen LogP) is 19.9. The Morgan fingerprint density at radius 3 is 1.22 bits per heavy atom. The van der Waals surface area contributed by atoms with Crippen molar-refractivity contribution in [3.05, 3.63) is 198 Å². The fraction of sp³-hybridized carbons (Fsp3) is 0.143. The van der Waals surface area contributed by atoms with Crippen molar-refractivity contribution in [3.8, 4) is 22.5 Å². The van der Waals surface area contributed by atoms with E-state index >= 15 is 0 Å². The van der Waals surface area contributed by atoms with E-state index < -0.39 is 0 Å². The SMILES string of the molecule is CC1(C)c2cc3c(cc2C(C)(C)C1(C)Cc1cc(Br)c(-n2c4cccc5c6ccc(-c7ccccc7)cc6c6cccc2c6c54)c(Br)c1)c1cccc2c1c1c3cccc1n2-c1c(Br)cccc1Br. The molecule has 14 rings (SSSR count). The molecule has 2 nitrogen and oxygen atoms in total. The minimum absolute atomic E-state index is 0.137. The first kappa shape index (κ1) is 42.4. The van der Waals surface area contributed by atoms with Gasteiger partial charge in [0.25, 0.3) is 0 Å². The van der Waals surface area contributed by atoms with E-state index in [-0.39, 0.29) is 16.2 Å². The lowest BCUT2D eigenvalue weighted by atomic mass is 9.55. The normalized spacial score (nSPS) is 15.4. The lowest BCUT2D eigenvalue weighted by Gasteiger charge is -2.48. The highest BCUT2D eigenvalue weighted by atomic mass is 79.9. The molecule has 0 atom stereocenters. The van der Waals surface area contributed by atoms with Crippen LogP contribution in [-0.4, -0.2) is 9.13 Å². The van der Waals surface area contributed by atoms with E-state index in [0.717, 1.165) is 35.7 Å². The topological polar surface area (TPSA) is 9.86 Å². The summed E-state index contributed by atoms with van der Waals surface area (Å²) in [7, 11) is 0. The number of para-hydroxylation sites is 1. The van der Waals surface area contributed by atoms with Crippen LogP contribution in [0.4, 0.5) is 0 Å². The lowest BCUT2D eigenvalue weighted by Crippen LogP contribution is -2.46. The summed E-state index contributed by atoms with van der Waals surface area (Å²) in [6.45, 7) is 12.5. The van der Waals surface area contributed by atoms with Crippen molar-refractivity contribution in [2.24, 2.45) is 5.41 Å². The van der Waals surface area contributed by atoms with Gasteiger partial charge in [-0.25, -0.2) is 0 Å². The molecule has 0 bridgehead atoms. The molecule has 0 unspecified atom stereocenters. The Labute approximate surface area is 434 Å². The highest BCUT2D eigenvalue weighted by Crippen LogP contribution is 2.64. The lowest BCUT2D eigenvalue weighted by molar-refractivity contribution is 0.0997. The molecule has 6 heteroatoms. The molecule has 11 aromatic carbocycles. The van der Waals surface area contributed by atoms with Gasteiger partial charge in [0.2, 0.25) is 0 Å². The average molecular weight is 1150 g/mol. The number of benzene rings is 11. The first-order valence-corrected chi connectivity index (χ1v) is 26.9. The zero-order chi connectivity index (χ0) is 47.0. The van der Waals surface area contributed by atoms with Gasteiger partial charge in [-0.15, -0.1) is 0 Å².